The van der Waals surface area contributed by atoms with Gasteiger partial charge < -0.3 is 10.6 Å². The first-order chi connectivity index (χ1) is 9.08. The van der Waals surface area contributed by atoms with E-state index in [4.69, 9.17) is 5.73 Å². The fraction of sp³-hybridized carbons (Fsp3) is 0.167. The van der Waals surface area contributed by atoms with Crippen molar-refractivity contribution in [3.05, 3.63) is 52.3 Å². The largest absolute Gasteiger partial charge is 0.384 e. The molecule has 2 heterocycles. The van der Waals surface area contributed by atoms with E-state index in [9.17, 15) is 10.1 Å². The van der Waals surface area contributed by atoms with Crippen LogP contribution < -0.4 is 10.6 Å². The minimum absolute atomic E-state index is 0.0689. The van der Waals surface area contributed by atoms with Gasteiger partial charge in [0, 0.05) is 32.1 Å². The first-order valence-electron chi connectivity index (χ1n) is 5.59. The quantitative estimate of drug-likeness (QED) is 0.661. The maximum absolute atomic E-state index is 11.0. The normalized spacial score (nSPS) is 10.2. The third-order valence-corrected chi connectivity index (χ3v) is 2.58. The maximum atomic E-state index is 11.0. The molecule has 0 radical (unpaired) electrons. The average molecular weight is 259 g/mol. The summed E-state index contributed by atoms with van der Waals surface area (Å²) in [6.07, 6.45) is 3.37. The van der Waals surface area contributed by atoms with E-state index in [1.807, 2.05) is 12.1 Å². The fourth-order valence-corrected chi connectivity index (χ4v) is 1.72. The van der Waals surface area contributed by atoms with Crippen molar-refractivity contribution in [1.29, 1.82) is 0 Å². The molecule has 0 spiro atoms. The smallest absolute Gasteiger partial charge is 0.311 e. The zero-order valence-corrected chi connectivity index (χ0v) is 10.4. The summed E-state index contributed by atoms with van der Waals surface area (Å²) in [5, 5.41) is 11.0. The van der Waals surface area contributed by atoms with Gasteiger partial charge in [0.25, 0.3) is 0 Å². The maximum Gasteiger partial charge on any atom is 0.311 e. The van der Waals surface area contributed by atoms with E-state index in [2.05, 4.69) is 9.97 Å². The highest BCUT2D eigenvalue weighted by Crippen LogP contribution is 2.26. The van der Waals surface area contributed by atoms with Crippen molar-refractivity contribution in [2.75, 3.05) is 17.7 Å². The lowest BCUT2D eigenvalue weighted by molar-refractivity contribution is -0.384. The molecule has 0 bridgehead atoms. The second kappa shape index (κ2) is 5.30. The summed E-state index contributed by atoms with van der Waals surface area (Å²) in [6.45, 7) is 0.463. The zero-order valence-electron chi connectivity index (χ0n) is 10.4. The van der Waals surface area contributed by atoms with Crippen LogP contribution in [0.2, 0.25) is 0 Å². The number of hydrogen-bond donors (Lipinski definition) is 1. The monoisotopic (exact) mass is 259 g/mol. The summed E-state index contributed by atoms with van der Waals surface area (Å²) in [6, 6.07) is 6.48. The molecule has 7 nitrogen and oxygen atoms in total. The van der Waals surface area contributed by atoms with Gasteiger partial charge in [-0.2, -0.15) is 0 Å². The van der Waals surface area contributed by atoms with Gasteiger partial charge in [-0.3, -0.25) is 15.1 Å². The van der Waals surface area contributed by atoms with Gasteiger partial charge in [-0.15, -0.1) is 0 Å². The molecule has 0 saturated heterocycles. The van der Waals surface area contributed by atoms with Gasteiger partial charge in [-0.25, -0.2) is 4.98 Å². The SMILES string of the molecule is CN(Cc1cccnc1)c1nc(N)ccc1[N+](=O)[O-]. The second-order valence-electron chi connectivity index (χ2n) is 4.05. The number of nitrogen functional groups attached to an aromatic ring is 1. The van der Waals surface area contributed by atoms with Gasteiger partial charge in [0.15, 0.2) is 0 Å². The molecule has 0 atom stereocenters. The first kappa shape index (κ1) is 12.7. The Labute approximate surface area is 109 Å². The topological polar surface area (TPSA) is 98.2 Å². The summed E-state index contributed by atoms with van der Waals surface area (Å²) >= 11 is 0. The van der Waals surface area contributed by atoms with Crippen molar-refractivity contribution >= 4 is 17.3 Å². The molecule has 0 aliphatic heterocycles. The zero-order chi connectivity index (χ0) is 13.8. The predicted octanol–water partition coefficient (Wildman–Crippen LogP) is 1.60. The molecule has 2 N–H and O–H groups in total. The molecule has 0 amide bonds. The molecule has 2 aromatic heterocycles. The van der Waals surface area contributed by atoms with Gasteiger partial charge in [-0.1, -0.05) is 6.07 Å². The van der Waals surface area contributed by atoms with Crippen molar-refractivity contribution in [1.82, 2.24) is 9.97 Å². The van der Waals surface area contributed by atoms with Crippen LogP contribution in [0.3, 0.4) is 0 Å². The summed E-state index contributed by atoms with van der Waals surface area (Å²) in [5.41, 5.74) is 6.45. The molecular weight excluding hydrogens is 246 g/mol. The van der Waals surface area contributed by atoms with Gasteiger partial charge in [0.2, 0.25) is 5.82 Å². The Morgan fingerprint density at radius 1 is 1.42 bits per heavy atom. The highest BCUT2D eigenvalue weighted by molar-refractivity contribution is 5.60. The number of nitrogens with two attached hydrogens (primary N) is 1. The number of nitro groups is 1. The van der Waals surface area contributed by atoms with Gasteiger partial charge in [-0.05, 0) is 17.7 Å². The number of aromatic nitrogens is 2. The molecule has 2 rings (SSSR count). The van der Waals surface area contributed by atoms with E-state index < -0.39 is 4.92 Å². The number of anilines is 2. The van der Waals surface area contributed by atoms with Crippen LogP contribution in [-0.2, 0) is 6.54 Å². The van der Waals surface area contributed by atoms with E-state index in [1.54, 1.807) is 24.3 Å². The van der Waals surface area contributed by atoms with Gasteiger partial charge >= 0.3 is 5.69 Å². The van der Waals surface area contributed by atoms with E-state index in [-0.39, 0.29) is 17.3 Å². The minimum atomic E-state index is -0.471. The van der Waals surface area contributed by atoms with Crippen molar-refractivity contribution in [2.24, 2.45) is 0 Å². The Hall–Kier alpha value is -2.70. The minimum Gasteiger partial charge on any atom is -0.384 e. The molecule has 0 fully saturated rings. The van der Waals surface area contributed by atoms with E-state index in [1.165, 1.54) is 12.1 Å². The molecule has 0 saturated carbocycles. The van der Waals surface area contributed by atoms with Crippen molar-refractivity contribution < 1.29 is 4.92 Å². The standard InChI is InChI=1S/C12H13N5O2/c1-16(8-9-3-2-6-14-7-9)12-10(17(18)19)4-5-11(13)15-12/h2-7H,8H2,1H3,(H2,13,15). The first-order valence-corrected chi connectivity index (χ1v) is 5.59. The lowest BCUT2D eigenvalue weighted by Crippen LogP contribution is -2.19. The third-order valence-electron chi connectivity index (χ3n) is 2.58. The Kier molecular flexibility index (Phi) is 3.56. The molecule has 0 aliphatic rings. The van der Waals surface area contributed by atoms with Crippen LogP contribution in [-0.4, -0.2) is 21.9 Å². The van der Waals surface area contributed by atoms with Crippen molar-refractivity contribution in [3.63, 3.8) is 0 Å². The van der Waals surface area contributed by atoms with Crippen LogP contribution in [0, 0.1) is 10.1 Å². The summed E-state index contributed by atoms with van der Waals surface area (Å²) in [7, 11) is 1.72. The van der Waals surface area contributed by atoms with Crippen molar-refractivity contribution in [2.45, 2.75) is 6.54 Å². The summed E-state index contributed by atoms with van der Waals surface area (Å²) in [5.74, 6) is 0.493. The Morgan fingerprint density at radius 3 is 2.84 bits per heavy atom. The molecule has 0 unspecified atom stereocenters. The molecule has 19 heavy (non-hydrogen) atoms. The van der Waals surface area contributed by atoms with Crippen LogP contribution in [0.1, 0.15) is 5.56 Å². The lowest BCUT2D eigenvalue weighted by Gasteiger charge is -2.18. The predicted molar refractivity (Wildman–Crippen MR) is 71.6 cm³/mol. The van der Waals surface area contributed by atoms with Crippen LogP contribution in [0.15, 0.2) is 36.7 Å². The Balaban J connectivity index is 2.30. The molecule has 98 valence electrons. The highest BCUT2D eigenvalue weighted by Gasteiger charge is 2.19. The van der Waals surface area contributed by atoms with Crippen molar-refractivity contribution in [3.8, 4) is 0 Å². The lowest BCUT2D eigenvalue weighted by atomic mass is 10.2. The molecule has 7 heteroatoms. The van der Waals surface area contributed by atoms with Crippen LogP contribution >= 0.6 is 0 Å². The number of rotatable bonds is 4. The van der Waals surface area contributed by atoms with E-state index in [0.29, 0.717) is 6.54 Å². The van der Waals surface area contributed by atoms with E-state index >= 15 is 0 Å². The Morgan fingerprint density at radius 2 is 2.21 bits per heavy atom. The molecule has 0 aliphatic carbocycles. The molecule has 0 aromatic carbocycles. The summed E-state index contributed by atoms with van der Waals surface area (Å²) < 4.78 is 0. The van der Waals surface area contributed by atoms with Gasteiger partial charge in [0.1, 0.15) is 5.82 Å². The average Bonchev–Trinajstić information content (AvgIpc) is 2.39. The number of hydrogen-bond acceptors (Lipinski definition) is 6. The summed E-state index contributed by atoms with van der Waals surface area (Å²) in [4.78, 5) is 20.2. The van der Waals surface area contributed by atoms with Gasteiger partial charge in [0.05, 0.1) is 4.92 Å². The second-order valence-corrected chi connectivity index (χ2v) is 4.05. The highest BCUT2D eigenvalue weighted by atomic mass is 16.6. The van der Waals surface area contributed by atoms with Crippen LogP contribution in [0.4, 0.5) is 17.3 Å². The van der Waals surface area contributed by atoms with E-state index in [0.717, 1.165) is 5.56 Å². The Bertz CT molecular complexity index is 588. The number of nitrogens with zero attached hydrogens (tertiary/aromatic N) is 4. The van der Waals surface area contributed by atoms with Crippen LogP contribution in [0.5, 0.6) is 0 Å². The number of pyridine rings is 2. The van der Waals surface area contributed by atoms with Crippen LogP contribution in [0.25, 0.3) is 0 Å². The third kappa shape index (κ3) is 2.95. The molecule has 2 aromatic rings. The fourth-order valence-electron chi connectivity index (χ4n) is 1.72. The molecular formula is C12H13N5O2.